The van der Waals surface area contributed by atoms with Gasteiger partial charge in [0.05, 0.1) is 27.2 Å². The van der Waals surface area contributed by atoms with Crippen LogP contribution in [0.5, 0.6) is 0 Å². The van der Waals surface area contributed by atoms with Gasteiger partial charge in [-0.05, 0) is 30.5 Å². The molecule has 0 bridgehead atoms. The quantitative estimate of drug-likeness (QED) is 0.913. The number of fused-ring (bicyclic) bond motifs is 2. The molecule has 1 aliphatic carbocycles. The lowest BCUT2D eigenvalue weighted by molar-refractivity contribution is 0.0690. The number of aryl methyl sites for hydroxylation is 1. The van der Waals surface area contributed by atoms with Crippen molar-refractivity contribution in [3.05, 3.63) is 39.0 Å². The van der Waals surface area contributed by atoms with Crippen molar-refractivity contribution in [3.8, 4) is 0 Å². The summed E-state index contributed by atoms with van der Waals surface area (Å²) in [7, 11) is 1.63. The van der Waals surface area contributed by atoms with Crippen LogP contribution in [0.4, 0.5) is 0 Å². The van der Waals surface area contributed by atoms with E-state index in [0.717, 1.165) is 12.1 Å². The third kappa shape index (κ3) is 2.37. The van der Waals surface area contributed by atoms with E-state index in [0.29, 0.717) is 39.4 Å². The van der Waals surface area contributed by atoms with Crippen LogP contribution < -0.4 is 0 Å². The van der Waals surface area contributed by atoms with Crippen LogP contribution in [0.2, 0.25) is 10.0 Å². The van der Waals surface area contributed by atoms with E-state index in [-0.39, 0.29) is 11.7 Å². The third-order valence-electron chi connectivity index (χ3n) is 3.91. The molecule has 1 aromatic carbocycles. The Morgan fingerprint density at radius 3 is 2.76 bits per heavy atom. The van der Waals surface area contributed by atoms with Crippen LogP contribution in [0.25, 0.3) is 10.9 Å². The van der Waals surface area contributed by atoms with Crippen LogP contribution in [0.1, 0.15) is 28.0 Å². The molecule has 4 nitrogen and oxygen atoms in total. The summed E-state index contributed by atoms with van der Waals surface area (Å²) < 4.78 is 5.37. The molecule has 1 N–H and O–H groups in total. The monoisotopic (exact) mass is 325 g/mol. The van der Waals surface area contributed by atoms with Crippen molar-refractivity contribution in [1.29, 1.82) is 0 Å². The van der Waals surface area contributed by atoms with E-state index in [2.05, 4.69) is 4.98 Å². The second kappa shape index (κ2) is 5.44. The minimum absolute atomic E-state index is 0.00723. The predicted octanol–water partition coefficient (Wildman–Crippen LogP) is 3.74. The maximum atomic E-state index is 11.8. The first-order chi connectivity index (χ1) is 10.0. The lowest BCUT2D eigenvalue weighted by atomic mass is 9.88. The minimum Gasteiger partial charge on any atom is -0.478 e. The summed E-state index contributed by atoms with van der Waals surface area (Å²) in [5.74, 6) is -1.01. The van der Waals surface area contributed by atoms with Gasteiger partial charge in [0, 0.05) is 24.6 Å². The Balaban J connectivity index is 2.38. The average Bonchev–Trinajstić information content (AvgIpc) is 2.48. The highest BCUT2D eigenvalue weighted by molar-refractivity contribution is 6.41. The number of hydrogen-bond acceptors (Lipinski definition) is 3. The van der Waals surface area contributed by atoms with Gasteiger partial charge < -0.3 is 9.84 Å². The Bertz CT molecular complexity index is 746. The molecule has 0 amide bonds. The first-order valence-electron chi connectivity index (χ1n) is 6.58. The zero-order valence-corrected chi connectivity index (χ0v) is 12.8. The Kier molecular flexibility index (Phi) is 3.78. The zero-order chi connectivity index (χ0) is 15.1. The van der Waals surface area contributed by atoms with E-state index in [1.54, 1.807) is 19.2 Å². The Hall–Kier alpha value is -1.36. The Labute approximate surface area is 131 Å². The molecule has 1 heterocycles. The Morgan fingerprint density at radius 2 is 2.10 bits per heavy atom. The third-order valence-corrected chi connectivity index (χ3v) is 4.53. The number of halogens is 2. The van der Waals surface area contributed by atoms with Crippen molar-refractivity contribution < 1.29 is 14.6 Å². The summed E-state index contributed by atoms with van der Waals surface area (Å²) in [5.41, 5.74) is 2.13. The van der Waals surface area contributed by atoms with Gasteiger partial charge >= 0.3 is 5.97 Å². The summed E-state index contributed by atoms with van der Waals surface area (Å²) in [4.78, 5) is 16.3. The standard InChI is InChI=1S/C15H13Cl2NO3/c1-21-7-2-5-11-8(6-7)12(15(19)20)13-9(16)3-4-10(17)14(13)18-11/h3-4,7H,2,5-6H2,1H3,(H,19,20). The molecular weight excluding hydrogens is 313 g/mol. The number of nitrogens with zero attached hydrogens (tertiary/aromatic N) is 1. The van der Waals surface area contributed by atoms with E-state index in [1.165, 1.54) is 0 Å². The highest BCUT2D eigenvalue weighted by Gasteiger charge is 2.28. The molecule has 0 aliphatic heterocycles. The van der Waals surface area contributed by atoms with Gasteiger partial charge in [-0.3, -0.25) is 4.98 Å². The average molecular weight is 326 g/mol. The van der Waals surface area contributed by atoms with Gasteiger partial charge in [0.1, 0.15) is 0 Å². The van der Waals surface area contributed by atoms with Crippen LogP contribution in [0.3, 0.4) is 0 Å². The molecule has 110 valence electrons. The summed E-state index contributed by atoms with van der Waals surface area (Å²) in [6, 6.07) is 3.24. The van der Waals surface area contributed by atoms with Crippen molar-refractivity contribution in [1.82, 2.24) is 4.98 Å². The molecule has 0 spiro atoms. The number of hydrogen-bond donors (Lipinski definition) is 1. The largest absolute Gasteiger partial charge is 0.478 e. The zero-order valence-electron chi connectivity index (χ0n) is 11.3. The van der Waals surface area contributed by atoms with Gasteiger partial charge in [-0.25, -0.2) is 4.79 Å². The summed E-state index contributed by atoms with van der Waals surface area (Å²) in [6.07, 6.45) is 2.03. The molecule has 1 atom stereocenters. The van der Waals surface area contributed by atoms with Crippen molar-refractivity contribution in [2.24, 2.45) is 0 Å². The second-order valence-corrected chi connectivity index (χ2v) is 5.88. The number of rotatable bonds is 2. The molecule has 0 saturated heterocycles. The first-order valence-corrected chi connectivity index (χ1v) is 7.34. The predicted molar refractivity (Wildman–Crippen MR) is 81.5 cm³/mol. The topological polar surface area (TPSA) is 59.4 Å². The molecule has 6 heteroatoms. The number of pyridine rings is 1. The minimum atomic E-state index is -1.01. The van der Waals surface area contributed by atoms with Crippen LogP contribution in [-0.2, 0) is 17.6 Å². The molecule has 3 rings (SSSR count). The van der Waals surface area contributed by atoms with Crippen LogP contribution in [0, 0.1) is 0 Å². The van der Waals surface area contributed by atoms with E-state index in [9.17, 15) is 9.90 Å². The maximum absolute atomic E-state index is 11.8. The fourth-order valence-electron chi connectivity index (χ4n) is 2.88. The molecular formula is C15H13Cl2NO3. The molecule has 21 heavy (non-hydrogen) atoms. The van der Waals surface area contributed by atoms with Gasteiger partial charge in [-0.2, -0.15) is 0 Å². The molecule has 1 aliphatic rings. The van der Waals surface area contributed by atoms with E-state index < -0.39 is 5.97 Å². The van der Waals surface area contributed by atoms with Crippen molar-refractivity contribution in [2.45, 2.75) is 25.4 Å². The van der Waals surface area contributed by atoms with Crippen LogP contribution in [-0.4, -0.2) is 29.3 Å². The number of aromatic carboxylic acids is 1. The van der Waals surface area contributed by atoms with Crippen molar-refractivity contribution >= 4 is 40.1 Å². The lowest BCUT2D eigenvalue weighted by Crippen LogP contribution is -2.24. The fraction of sp³-hybridized carbons (Fsp3) is 0.333. The van der Waals surface area contributed by atoms with Gasteiger partial charge in [0.15, 0.2) is 0 Å². The molecule has 1 aromatic heterocycles. The molecule has 2 aromatic rings. The SMILES string of the molecule is COC1CCc2nc3c(Cl)ccc(Cl)c3c(C(=O)O)c2C1. The number of carbonyl (C=O) groups is 1. The van der Waals surface area contributed by atoms with Gasteiger partial charge in [0.2, 0.25) is 0 Å². The number of ether oxygens (including phenoxy) is 1. The highest BCUT2D eigenvalue weighted by atomic mass is 35.5. The summed E-state index contributed by atoms with van der Waals surface area (Å²) in [6.45, 7) is 0. The van der Waals surface area contributed by atoms with Gasteiger partial charge in [0.25, 0.3) is 0 Å². The van der Waals surface area contributed by atoms with Gasteiger partial charge in [-0.15, -0.1) is 0 Å². The van der Waals surface area contributed by atoms with Crippen LogP contribution >= 0.6 is 23.2 Å². The molecule has 0 radical (unpaired) electrons. The van der Waals surface area contributed by atoms with E-state index >= 15 is 0 Å². The lowest BCUT2D eigenvalue weighted by Gasteiger charge is -2.25. The summed E-state index contributed by atoms with van der Waals surface area (Å²) in [5, 5.41) is 10.8. The Morgan fingerprint density at radius 1 is 1.38 bits per heavy atom. The van der Waals surface area contributed by atoms with Gasteiger partial charge in [-0.1, -0.05) is 23.2 Å². The fourth-order valence-corrected chi connectivity index (χ4v) is 3.32. The number of carboxylic acids is 1. The number of methoxy groups -OCH3 is 1. The van der Waals surface area contributed by atoms with E-state index in [4.69, 9.17) is 27.9 Å². The number of aromatic nitrogens is 1. The number of benzene rings is 1. The molecule has 1 unspecified atom stereocenters. The van der Waals surface area contributed by atoms with E-state index in [1.807, 2.05) is 0 Å². The smallest absolute Gasteiger partial charge is 0.336 e. The molecule has 0 saturated carbocycles. The highest BCUT2D eigenvalue weighted by Crippen LogP contribution is 2.36. The number of carboxylic acid groups (broad SMARTS) is 1. The first kappa shape index (κ1) is 14.6. The van der Waals surface area contributed by atoms with Crippen LogP contribution in [0.15, 0.2) is 12.1 Å². The molecule has 0 fully saturated rings. The second-order valence-electron chi connectivity index (χ2n) is 5.07. The maximum Gasteiger partial charge on any atom is 0.336 e. The van der Waals surface area contributed by atoms with Crippen molar-refractivity contribution in [2.75, 3.05) is 7.11 Å². The summed E-state index contributed by atoms with van der Waals surface area (Å²) >= 11 is 12.4. The normalized spacial score (nSPS) is 17.8. The van der Waals surface area contributed by atoms with Crippen molar-refractivity contribution in [3.63, 3.8) is 0 Å².